The molecule has 0 saturated heterocycles. The smallest absolute Gasteiger partial charge is 0.326 e. The van der Waals surface area contributed by atoms with E-state index in [-0.39, 0.29) is 12.2 Å². The van der Waals surface area contributed by atoms with E-state index < -0.39 is 22.5 Å². The van der Waals surface area contributed by atoms with E-state index in [0.717, 1.165) is 16.1 Å². The Kier molecular flexibility index (Phi) is 6.14. The first kappa shape index (κ1) is 19.6. The van der Waals surface area contributed by atoms with Gasteiger partial charge in [0.1, 0.15) is 12.4 Å². The topological polar surface area (TPSA) is 109 Å². The lowest BCUT2D eigenvalue weighted by atomic mass is 10.1. The lowest BCUT2D eigenvalue weighted by molar-refractivity contribution is -0.141. The van der Waals surface area contributed by atoms with Crippen LogP contribution in [0, 0.1) is 6.92 Å². The number of ether oxygens (including phenoxy) is 1. The summed E-state index contributed by atoms with van der Waals surface area (Å²) < 4.78 is 29.8. The average Bonchev–Trinajstić information content (AvgIpc) is 2.52. The van der Waals surface area contributed by atoms with Gasteiger partial charge in [-0.1, -0.05) is 12.1 Å². The van der Waals surface area contributed by atoms with Gasteiger partial charge in [-0.25, -0.2) is 13.4 Å². The van der Waals surface area contributed by atoms with E-state index in [1.54, 1.807) is 38.1 Å². The van der Waals surface area contributed by atoms with Crippen molar-refractivity contribution in [1.82, 2.24) is 9.97 Å². The number of hydrogen-bond acceptors (Lipinski definition) is 6. The van der Waals surface area contributed by atoms with Crippen molar-refractivity contribution in [1.29, 1.82) is 0 Å². The maximum absolute atomic E-state index is 12.0. The number of aryl methyl sites for hydroxylation is 1. The van der Waals surface area contributed by atoms with E-state index in [1.807, 2.05) is 0 Å². The number of nitrogens with one attached hydrogen (secondary N) is 1. The zero-order valence-electron chi connectivity index (χ0n) is 14.9. The first-order valence-corrected chi connectivity index (χ1v) is 9.83. The Morgan fingerprint density at radius 3 is 2.46 bits per heavy atom. The maximum Gasteiger partial charge on any atom is 0.326 e. The highest BCUT2D eigenvalue weighted by Crippen LogP contribution is 2.19. The van der Waals surface area contributed by atoms with Gasteiger partial charge in [0.15, 0.2) is 0 Å². The molecule has 0 bridgehead atoms. The quantitative estimate of drug-likeness (QED) is 0.719. The molecule has 2 rings (SSSR count). The van der Waals surface area contributed by atoms with E-state index in [9.17, 15) is 18.0 Å². The fraction of sp³-hybridized carbons (Fsp3) is 0.353. The molecule has 0 amide bonds. The van der Waals surface area contributed by atoms with Crippen LogP contribution < -0.4 is 9.86 Å². The van der Waals surface area contributed by atoms with Crippen molar-refractivity contribution in [2.45, 2.75) is 20.3 Å². The summed E-state index contributed by atoms with van der Waals surface area (Å²) in [6, 6.07) is 8.06. The molecule has 0 saturated carbocycles. The van der Waals surface area contributed by atoms with Gasteiger partial charge in [0.2, 0.25) is 10.0 Å². The van der Waals surface area contributed by atoms with Gasteiger partial charge in [-0.15, -0.1) is 0 Å². The number of rotatable bonds is 7. The Hall–Kier alpha value is -2.68. The molecule has 26 heavy (non-hydrogen) atoms. The van der Waals surface area contributed by atoms with Crippen molar-refractivity contribution < 1.29 is 17.9 Å². The normalized spacial score (nSPS) is 11.2. The van der Waals surface area contributed by atoms with Crippen LogP contribution in [-0.4, -0.2) is 43.8 Å². The van der Waals surface area contributed by atoms with Crippen LogP contribution in [0.5, 0.6) is 0 Å². The Balaban J connectivity index is 2.22. The summed E-state index contributed by atoms with van der Waals surface area (Å²) in [6.45, 7) is 3.18. The van der Waals surface area contributed by atoms with Crippen molar-refractivity contribution in [2.24, 2.45) is 0 Å². The van der Waals surface area contributed by atoms with Crippen molar-refractivity contribution in [2.75, 3.05) is 23.7 Å². The summed E-state index contributed by atoms with van der Waals surface area (Å²) in [5.41, 5.74) is 1.60. The number of sulfonamides is 1. The Bertz CT molecular complexity index is 936. The first-order chi connectivity index (χ1) is 12.2. The van der Waals surface area contributed by atoms with Crippen LogP contribution in [-0.2, 0) is 26.0 Å². The molecule has 8 nitrogen and oxygen atoms in total. The van der Waals surface area contributed by atoms with Crippen LogP contribution in [0.3, 0.4) is 0 Å². The lowest BCUT2D eigenvalue weighted by Gasteiger charge is -2.21. The second-order valence-corrected chi connectivity index (χ2v) is 7.66. The van der Waals surface area contributed by atoms with Gasteiger partial charge < -0.3 is 9.72 Å². The summed E-state index contributed by atoms with van der Waals surface area (Å²) >= 11 is 0. The highest BCUT2D eigenvalue weighted by atomic mass is 32.2. The van der Waals surface area contributed by atoms with Crippen molar-refractivity contribution in [3.63, 3.8) is 0 Å². The molecule has 1 aromatic heterocycles. The third-order valence-corrected chi connectivity index (χ3v) is 4.63. The van der Waals surface area contributed by atoms with Crippen LogP contribution >= 0.6 is 0 Å². The number of aromatic nitrogens is 2. The summed E-state index contributed by atoms with van der Waals surface area (Å²) in [6.07, 6.45) is 1.43. The summed E-state index contributed by atoms with van der Waals surface area (Å²) in [7, 11) is -3.64. The van der Waals surface area contributed by atoms with Crippen LogP contribution in [0.4, 0.5) is 5.69 Å². The minimum Gasteiger partial charge on any atom is -0.465 e. The lowest BCUT2D eigenvalue weighted by Crippen LogP contribution is -2.35. The molecule has 1 heterocycles. The molecule has 0 radical (unpaired) electrons. The maximum atomic E-state index is 12.0. The zero-order valence-corrected chi connectivity index (χ0v) is 15.7. The number of hydrogen-bond donors (Lipinski definition) is 1. The van der Waals surface area contributed by atoms with Crippen LogP contribution in [0.15, 0.2) is 35.1 Å². The third kappa shape index (κ3) is 5.41. The zero-order chi connectivity index (χ0) is 19.3. The van der Waals surface area contributed by atoms with Crippen molar-refractivity contribution >= 4 is 21.7 Å². The molecule has 0 fully saturated rings. The molecular formula is C17H21N3O5S. The first-order valence-electron chi connectivity index (χ1n) is 7.98. The van der Waals surface area contributed by atoms with Gasteiger partial charge in [0.05, 0.1) is 18.6 Å². The largest absolute Gasteiger partial charge is 0.465 e. The molecule has 140 valence electrons. The van der Waals surface area contributed by atoms with Gasteiger partial charge in [-0.3, -0.25) is 13.9 Å². The molecule has 0 aliphatic heterocycles. The molecule has 0 spiro atoms. The molecular weight excluding hydrogens is 358 g/mol. The average molecular weight is 379 g/mol. The number of H-pyrrole nitrogens is 1. The molecule has 0 atom stereocenters. The van der Waals surface area contributed by atoms with Crippen LogP contribution in [0.2, 0.25) is 0 Å². The number of anilines is 1. The fourth-order valence-corrected chi connectivity index (χ4v) is 3.27. The van der Waals surface area contributed by atoms with E-state index in [0.29, 0.717) is 23.6 Å². The SMILES string of the molecule is CCOC(=O)CN(c1ccc(Cc2nc(C)cc(=O)[nH]2)cc1)S(C)(=O)=O. The van der Waals surface area contributed by atoms with Gasteiger partial charge in [-0.2, -0.15) is 0 Å². The number of carbonyl (C=O) groups is 1. The molecule has 1 N–H and O–H groups in total. The minimum atomic E-state index is -3.64. The number of aromatic amines is 1. The standard InChI is InChI=1S/C17H21N3O5S/c1-4-25-17(22)11-20(26(3,23)24)14-7-5-13(6-8-14)10-15-18-12(2)9-16(21)19-15/h5-9H,4,10-11H2,1-3H3,(H,18,19,21). The Morgan fingerprint density at radius 2 is 1.92 bits per heavy atom. The number of benzene rings is 1. The summed E-state index contributed by atoms with van der Waals surface area (Å²) in [5, 5.41) is 0. The van der Waals surface area contributed by atoms with Gasteiger partial charge in [0, 0.05) is 18.2 Å². The van der Waals surface area contributed by atoms with E-state index in [4.69, 9.17) is 4.74 Å². The summed E-state index contributed by atoms with van der Waals surface area (Å²) in [4.78, 5) is 30.1. The molecule has 1 aromatic carbocycles. The number of esters is 1. The minimum absolute atomic E-state index is 0.178. The third-order valence-electron chi connectivity index (χ3n) is 3.49. The fourth-order valence-electron chi connectivity index (χ4n) is 2.42. The highest BCUT2D eigenvalue weighted by Gasteiger charge is 2.21. The molecule has 9 heteroatoms. The molecule has 0 aliphatic rings. The summed E-state index contributed by atoms with van der Waals surface area (Å²) in [5.74, 6) is -0.0993. The molecule has 2 aromatic rings. The van der Waals surface area contributed by atoms with E-state index in [1.165, 1.54) is 6.07 Å². The van der Waals surface area contributed by atoms with Gasteiger partial charge >= 0.3 is 5.97 Å². The van der Waals surface area contributed by atoms with Crippen LogP contribution in [0.1, 0.15) is 24.0 Å². The second-order valence-electron chi connectivity index (χ2n) is 5.75. The number of nitrogens with zero attached hydrogens (tertiary/aromatic N) is 2. The predicted octanol–water partition coefficient (Wildman–Crippen LogP) is 0.998. The second kappa shape index (κ2) is 8.13. The van der Waals surface area contributed by atoms with Crippen molar-refractivity contribution in [3.8, 4) is 0 Å². The molecule has 0 unspecified atom stereocenters. The van der Waals surface area contributed by atoms with E-state index >= 15 is 0 Å². The highest BCUT2D eigenvalue weighted by molar-refractivity contribution is 7.92. The van der Waals surface area contributed by atoms with Gasteiger partial charge in [-0.05, 0) is 31.5 Å². The van der Waals surface area contributed by atoms with Crippen molar-refractivity contribution in [3.05, 3.63) is 57.8 Å². The van der Waals surface area contributed by atoms with Crippen LogP contribution in [0.25, 0.3) is 0 Å². The van der Waals surface area contributed by atoms with Gasteiger partial charge in [0.25, 0.3) is 5.56 Å². The Morgan fingerprint density at radius 1 is 1.27 bits per heavy atom. The predicted molar refractivity (Wildman–Crippen MR) is 97.7 cm³/mol. The molecule has 0 aliphatic carbocycles. The van der Waals surface area contributed by atoms with E-state index in [2.05, 4.69) is 9.97 Å². The Labute approximate surface area is 151 Å². The number of carbonyl (C=O) groups excluding carboxylic acids is 1. The monoisotopic (exact) mass is 379 g/mol.